The van der Waals surface area contributed by atoms with Crippen LogP contribution in [0.4, 0.5) is 13.2 Å². The number of aromatic hydroxyl groups is 1. The van der Waals surface area contributed by atoms with E-state index in [0.29, 0.717) is 17.6 Å². The molecule has 0 saturated carbocycles. The Balaban J connectivity index is 1.98. The summed E-state index contributed by atoms with van der Waals surface area (Å²) in [6.45, 7) is 0.0926. The van der Waals surface area contributed by atoms with Gasteiger partial charge in [0.1, 0.15) is 23.9 Å². The lowest BCUT2D eigenvalue weighted by atomic mass is 10.2. The molecule has 0 spiro atoms. The lowest BCUT2D eigenvalue weighted by Crippen LogP contribution is -2.17. The second-order valence-electron chi connectivity index (χ2n) is 4.32. The van der Waals surface area contributed by atoms with E-state index in [2.05, 4.69) is 4.74 Å². The van der Waals surface area contributed by atoms with E-state index in [1.807, 2.05) is 0 Å². The minimum Gasteiger partial charge on any atom is -0.507 e. The van der Waals surface area contributed by atoms with Crippen LogP contribution in [0.15, 0.2) is 42.5 Å². The molecule has 7 heteroatoms. The number of hydrogen-bond acceptors (Lipinski definition) is 4. The van der Waals surface area contributed by atoms with Crippen molar-refractivity contribution in [2.24, 2.45) is 0 Å². The summed E-state index contributed by atoms with van der Waals surface area (Å²) in [6.07, 6.45) is -4.24. The first kappa shape index (κ1) is 15.7. The smallest absolute Gasteiger partial charge is 0.507 e. The fourth-order valence-corrected chi connectivity index (χ4v) is 1.67. The van der Waals surface area contributed by atoms with Gasteiger partial charge in [0.2, 0.25) is 0 Å². The number of phenols is 1. The highest BCUT2D eigenvalue weighted by Crippen LogP contribution is 2.24. The number of aldehydes is 1. The van der Waals surface area contributed by atoms with Crippen LogP contribution in [0.2, 0.25) is 0 Å². The summed E-state index contributed by atoms with van der Waals surface area (Å²) in [7, 11) is 0. The quantitative estimate of drug-likeness (QED) is 0.856. The number of halogens is 3. The first-order valence-electron chi connectivity index (χ1n) is 6.13. The summed E-state index contributed by atoms with van der Waals surface area (Å²) < 4.78 is 45.2. The second kappa shape index (κ2) is 6.38. The van der Waals surface area contributed by atoms with Crippen molar-refractivity contribution in [3.63, 3.8) is 0 Å². The summed E-state index contributed by atoms with van der Waals surface area (Å²) in [5, 5.41) is 9.35. The molecule has 0 radical (unpaired) electrons. The first-order valence-corrected chi connectivity index (χ1v) is 6.13. The molecule has 0 fully saturated rings. The summed E-state index contributed by atoms with van der Waals surface area (Å²) in [5.74, 6) is -0.115. The number of rotatable bonds is 5. The Morgan fingerprint density at radius 3 is 2.27 bits per heavy atom. The standard InChI is InChI=1S/C15H11F3O4/c16-15(17,18)22-12-3-1-10(2-4-12)9-21-13-5-6-14(20)11(7-13)8-19/h1-8,20H,9H2. The van der Waals surface area contributed by atoms with E-state index in [4.69, 9.17) is 4.74 Å². The minimum absolute atomic E-state index is 0.0893. The molecule has 4 nitrogen and oxygen atoms in total. The molecule has 0 aliphatic heterocycles. The van der Waals surface area contributed by atoms with Gasteiger partial charge in [-0.05, 0) is 35.9 Å². The predicted molar refractivity (Wildman–Crippen MR) is 71.0 cm³/mol. The van der Waals surface area contributed by atoms with Crippen molar-refractivity contribution < 1.29 is 32.5 Å². The van der Waals surface area contributed by atoms with Crippen molar-refractivity contribution in [2.45, 2.75) is 13.0 Å². The molecule has 2 rings (SSSR count). The average Bonchev–Trinajstić information content (AvgIpc) is 2.46. The Morgan fingerprint density at radius 1 is 1.05 bits per heavy atom. The van der Waals surface area contributed by atoms with Gasteiger partial charge in [0.05, 0.1) is 5.56 Å². The SMILES string of the molecule is O=Cc1cc(OCc2ccc(OC(F)(F)F)cc2)ccc1O. The van der Waals surface area contributed by atoms with Gasteiger partial charge in [0.25, 0.3) is 0 Å². The van der Waals surface area contributed by atoms with Crippen LogP contribution < -0.4 is 9.47 Å². The van der Waals surface area contributed by atoms with Gasteiger partial charge in [-0.1, -0.05) is 12.1 Å². The van der Waals surface area contributed by atoms with Crippen molar-refractivity contribution in [3.05, 3.63) is 53.6 Å². The Labute approximate surface area is 123 Å². The van der Waals surface area contributed by atoms with E-state index in [9.17, 15) is 23.1 Å². The Morgan fingerprint density at radius 2 is 1.68 bits per heavy atom. The molecule has 1 N–H and O–H groups in total. The second-order valence-corrected chi connectivity index (χ2v) is 4.32. The molecule has 0 aliphatic carbocycles. The molecular weight excluding hydrogens is 301 g/mol. The van der Waals surface area contributed by atoms with Crippen LogP contribution in [0.1, 0.15) is 15.9 Å². The van der Waals surface area contributed by atoms with Crippen molar-refractivity contribution in [1.82, 2.24) is 0 Å². The van der Waals surface area contributed by atoms with Crippen LogP contribution >= 0.6 is 0 Å². The number of benzene rings is 2. The number of phenolic OH excluding ortho intramolecular Hbond substituents is 1. The van der Waals surface area contributed by atoms with Crippen molar-refractivity contribution >= 4 is 6.29 Å². The highest BCUT2D eigenvalue weighted by atomic mass is 19.4. The molecule has 116 valence electrons. The maximum absolute atomic E-state index is 12.0. The fraction of sp³-hybridized carbons (Fsp3) is 0.133. The number of carbonyl (C=O) groups excluding carboxylic acids is 1. The van der Waals surface area contributed by atoms with Gasteiger partial charge in [-0.2, -0.15) is 0 Å². The summed E-state index contributed by atoms with van der Waals surface area (Å²) in [4.78, 5) is 10.7. The van der Waals surface area contributed by atoms with E-state index in [1.54, 1.807) is 0 Å². The lowest BCUT2D eigenvalue weighted by Gasteiger charge is -2.10. The molecule has 0 saturated heterocycles. The monoisotopic (exact) mass is 312 g/mol. The Kier molecular flexibility index (Phi) is 4.55. The zero-order valence-electron chi connectivity index (χ0n) is 11.1. The molecule has 0 atom stereocenters. The highest BCUT2D eigenvalue weighted by Gasteiger charge is 2.30. The topological polar surface area (TPSA) is 55.8 Å². The number of ether oxygens (including phenoxy) is 2. The van der Waals surface area contributed by atoms with Crippen molar-refractivity contribution in [1.29, 1.82) is 0 Å². The van der Waals surface area contributed by atoms with Gasteiger partial charge in [0.15, 0.2) is 6.29 Å². The van der Waals surface area contributed by atoms with E-state index in [0.717, 1.165) is 0 Å². The van der Waals surface area contributed by atoms with Gasteiger partial charge in [0, 0.05) is 0 Å². The third-order valence-electron chi connectivity index (χ3n) is 2.69. The van der Waals surface area contributed by atoms with Crippen LogP contribution in [0, 0.1) is 0 Å². The van der Waals surface area contributed by atoms with E-state index in [1.165, 1.54) is 42.5 Å². The van der Waals surface area contributed by atoms with Gasteiger partial charge in [-0.3, -0.25) is 4.79 Å². The zero-order valence-corrected chi connectivity index (χ0v) is 11.1. The summed E-state index contributed by atoms with van der Waals surface area (Å²) >= 11 is 0. The van der Waals surface area contributed by atoms with Gasteiger partial charge in [-0.15, -0.1) is 13.2 Å². The summed E-state index contributed by atoms with van der Waals surface area (Å²) in [6, 6.07) is 9.39. The fourth-order valence-electron chi connectivity index (χ4n) is 1.67. The normalized spacial score (nSPS) is 11.0. The third kappa shape index (κ3) is 4.41. The summed E-state index contributed by atoms with van der Waals surface area (Å²) in [5.41, 5.74) is 0.710. The molecule has 0 aliphatic rings. The van der Waals surface area contributed by atoms with Crippen molar-refractivity contribution in [2.75, 3.05) is 0 Å². The number of alkyl halides is 3. The van der Waals surface area contributed by atoms with Crippen LogP contribution in [0.5, 0.6) is 17.2 Å². The molecule has 0 bridgehead atoms. The van der Waals surface area contributed by atoms with Gasteiger partial charge >= 0.3 is 6.36 Å². The zero-order chi connectivity index (χ0) is 16.2. The van der Waals surface area contributed by atoms with E-state index in [-0.39, 0.29) is 23.7 Å². The molecule has 0 unspecified atom stereocenters. The van der Waals surface area contributed by atoms with Crippen LogP contribution in [-0.4, -0.2) is 17.8 Å². The predicted octanol–water partition coefficient (Wildman–Crippen LogP) is 3.68. The first-order chi connectivity index (χ1) is 10.4. The van der Waals surface area contributed by atoms with Gasteiger partial charge < -0.3 is 14.6 Å². The number of hydrogen-bond donors (Lipinski definition) is 1. The lowest BCUT2D eigenvalue weighted by molar-refractivity contribution is -0.274. The molecule has 2 aromatic carbocycles. The molecule has 0 heterocycles. The van der Waals surface area contributed by atoms with E-state index >= 15 is 0 Å². The molecule has 0 amide bonds. The number of carbonyl (C=O) groups is 1. The highest BCUT2D eigenvalue weighted by molar-refractivity contribution is 5.79. The Hall–Kier alpha value is -2.70. The van der Waals surface area contributed by atoms with Crippen LogP contribution in [0.3, 0.4) is 0 Å². The maximum atomic E-state index is 12.0. The Bertz CT molecular complexity index is 651. The molecule has 0 aromatic heterocycles. The maximum Gasteiger partial charge on any atom is 0.573 e. The molecular formula is C15H11F3O4. The third-order valence-corrected chi connectivity index (χ3v) is 2.69. The van der Waals surface area contributed by atoms with Gasteiger partial charge in [-0.25, -0.2) is 0 Å². The minimum atomic E-state index is -4.73. The van der Waals surface area contributed by atoms with E-state index < -0.39 is 6.36 Å². The largest absolute Gasteiger partial charge is 0.573 e. The van der Waals surface area contributed by atoms with Crippen LogP contribution in [-0.2, 0) is 6.61 Å². The average molecular weight is 312 g/mol. The van der Waals surface area contributed by atoms with Crippen molar-refractivity contribution in [3.8, 4) is 17.2 Å². The molecule has 2 aromatic rings. The van der Waals surface area contributed by atoms with Crippen LogP contribution in [0.25, 0.3) is 0 Å². The molecule has 22 heavy (non-hydrogen) atoms.